The lowest BCUT2D eigenvalue weighted by Gasteiger charge is -2.07. The normalized spacial score (nSPS) is 10.7. The van der Waals surface area contributed by atoms with Crippen LogP contribution in [0.2, 0.25) is 0 Å². The molecule has 0 aliphatic heterocycles. The Labute approximate surface area is 164 Å². The van der Waals surface area contributed by atoms with Crippen LogP contribution < -0.4 is 5.32 Å². The lowest BCUT2D eigenvalue weighted by Crippen LogP contribution is -2.24. The Balaban J connectivity index is 1.32. The molecule has 4 heteroatoms. The van der Waals surface area contributed by atoms with Gasteiger partial charge in [0.1, 0.15) is 0 Å². The second kappa shape index (κ2) is 8.44. The fraction of sp³-hybridized carbons (Fsp3) is 0.125. The summed E-state index contributed by atoms with van der Waals surface area (Å²) in [6, 6.07) is 22.5. The van der Waals surface area contributed by atoms with Gasteiger partial charge in [0.15, 0.2) is 0 Å². The quantitative estimate of drug-likeness (QED) is 0.504. The van der Waals surface area contributed by atoms with E-state index in [-0.39, 0.29) is 5.91 Å². The van der Waals surface area contributed by atoms with Crippen molar-refractivity contribution < 1.29 is 4.79 Å². The van der Waals surface area contributed by atoms with Crippen LogP contribution in [-0.2, 0) is 6.42 Å². The zero-order valence-electron chi connectivity index (χ0n) is 15.5. The number of nitrogens with zero attached hydrogens (tertiary/aromatic N) is 2. The number of aromatic nitrogens is 2. The zero-order valence-corrected chi connectivity index (χ0v) is 15.5. The monoisotopic (exact) mass is 367 g/mol. The van der Waals surface area contributed by atoms with Gasteiger partial charge in [-0.05, 0) is 59.9 Å². The summed E-state index contributed by atoms with van der Waals surface area (Å²) in [5.74, 6) is -0.0748. The van der Waals surface area contributed by atoms with E-state index in [1.807, 2.05) is 12.3 Å². The van der Waals surface area contributed by atoms with Crippen molar-refractivity contribution in [1.82, 2.24) is 15.3 Å². The van der Waals surface area contributed by atoms with Crippen LogP contribution in [0.1, 0.15) is 22.3 Å². The van der Waals surface area contributed by atoms with Gasteiger partial charge in [-0.15, -0.1) is 0 Å². The highest BCUT2D eigenvalue weighted by Crippen LogP contribution is 2.24. The van der Waals surface area contributed by atoms with Gasteiger partial charge in [0, 0.05) is 30.5 Å². The highest BCUT2D eigenvalue weighted by Gasteiger charge is 2.04. The second-order valence-corrected chi connectivity index (χ2v) is 6.71. The first kappa shape index (κ1) is 17.9. The number of rotatable bonds is 6. The first-order valence-corrected chi connectivity index (χ1v) is 9.42. The van der Waals surface area contributed by atoms with Crippen molar-refractivity contribution in [2.24, 2.45) is 0 Å². The van der Waals surface area contributed by atoms with Crippen LogP contribution >= 0.6 is 0 Å². The van der Waals surface area contributed by atoms with Crippen LogP contribution in [-0.4, -0.2) is 22.4 Å². The maximum Gasteiger partial charge on any atom is 0.252 e. The molecule has 1 amide bonds. The van der Waals surface area contributed by atoms with Crippen LogP contribution in [0.15, 0.2) is 85.3 Å². The summed E-state index contributed by atoms with van der Waals surface area (Å²) in [5.41, 5.74) is 5.26. The molecule has 0 radical (unpaired) electrons. The standard InChI is InChI=1S/C24H21N3O/c28-24(22-6-2-13-25-17-22)27-15-1-4-18-7-9-19(10-8-18)20-11-12-23-21(16-20)5-3-14-26-23/h2-3,5-14,16-17H,1,4,15H2,(H,27,28). The van der Waals surface area contributed by atoms with E-state index in [1.54, 1.807) is 24.5 Å². The van der Waals surface area contributed by atoms with Gasteiger partial charge in [0.05, 0.1) is 11.1 Å². The molecule has 0 aliphatic carbocycles. The largest absolute Gasteiger partial charge is 0.352 e. The van der Waals surface area contributed by atoms with E-state index in [0.717, 1.165) is 23.7 Å². The number of fused-ring (bicyclic) bond motifs is 1. The number of aryl methyl sites for hydroxylation is 1. The Kier molecular flexibility index (Phi) is 5.38. The van der Waals surface area contributed by atoms with Crippen molar-refractivity contribution in [3.8, 4) is 11.1 Å². The summed E-state index contributed by atoms with van der Waals surface area (Å²) >= 11 is 0. The third-order valence-corrected chi connectivity index (χ3v) is 4.74. The molecule has 4 rings (SSSR count). The Morgan fingerprint density at radius 3 is 2.54 bits per heavy atom. The number of nitrogens with one attached hydrogen (secondary N) is 1. The third-order valence-electron chi connectivity index (χ3n) is 4.74. The molecule has 1 N–H and O–H groups in total. The molecule has 28 heavy (non-hydrogen) atoms. The number of amides is 1. The molecule has 4 nitrogen and oxygen atoms in total. The summed E-state index contributed by atoms with van der Waals surface area (Å²) in [5, 5.41) is 4.09. The molecule has 0 aliphatic rings. The summed E-state index contributed by atoms with van der Waals surface area (Å²) in [4.78, 5) is 20.3. The lowest BCUT2D eigenvalue weighted by molar-refractivity contribution is 0.0953. The van der Waals surface area contributed by atoms with Gasteiger partial charge in [-0.1, -0.05) is 36.4 Å². The maximum atomic E-state index is 12.0. The van der Waals surface area contributed by atoms with Gasteiger partial charge in [-0.2, -0.15) is 0 Å². The molecule has 4 aromatic rings. The van der Waals surface area contributed by atoms with Crippen molar-refractivity contribution in [3.05, 3.63) is 96.4 Å². The molecule has 0 saturated carbocycles. The Morgan fingerprint density at radius 2 is 1.71 bits per heavy atom. The number of pyridine rings is 2. The average molecular weight is 367 g/mol. The molecule has 0 saturated heterocycles. The molecule has 0 fully saturated rings. The highest BCUT2D eigenvalue weighted by atomic mass is 16.1. The van der Waals surface area contributed by atoms with E-state index in [0.29, 0.717) is 12.1 Å². The number of hydrogen-bond acceptors (Lipinski definition) is 3. The smallest absolute Gasteiger partial charge is 0.252 e. The van der Waals surface area contributed by atoms with E-state index in [4.69, 9.17) is 0 Å². The van der Waals surface area contributed by atoms with Crippen molar-refractivity contribution >= 4 is 16.8 Å². The molecule has 138 valence electrons. The maximum absolute atomic E-state index is 12.0. The topological polar surface area (TPSA) is 54.9 Å². The van der Waals surface area contributed by atoms with Gasteiger partial charge >= 0.3 is 0 Å². The first-order chi connectivity index (χ1) is 13.8. The van der Waals surface area contributed by atoms with Crippen LogP contribution in [0.3, 0.4) is 0 Å². The van der Waals surface area contributed by atoms with Crippen molar-refractivity contribution in [3.63, 3.8) is 0 Å². The minimum Gasteiger partial charge on any atom is -0.352 e. The number of carbonyl (C=O) groups excluding carboxylic acids is 1. The summed E-state index contributed by atoms with van der Waals surface area (Å²) in [7, 11) is 0. The minimum atomic E-state index is -0.0748. The van der Waals surface area contributed by atoms with Crippen LogP contribution in [0, 0.1) is 0 Å². The minimum absolute atomic E-state index is 0.0748. The SMILES string of the molecule is O=C(NCCCc1ccc(-c2ccc3ncccc3c2)cc1)c1cccnc1. The summed E-state index contributed by atoms with van der Waals surface area (Å²) < 4.78 is 0. The summed E-state index contributed by atoms with van der Waals surface area (Å²) in [6.45, 7) is 0.646. The molecule has 0 atom stereocenters. The zero-order chi connectivity index (χ0) is 19.2. The first-order valence-electron chi connectivity index (χ1n) is 9.42. The van der Waals surface area contributed by atoms with Crippen LogP contribution in [0.25, 0.3) is 22.0 Å². The second-order valence-electron chi connectivity index (χ2n) is 6.71. The number of benzene rings is 2. The van der Waals surface area contributed by atoms with Crippen molar-refractivity contribution in [2.45, 2.75) is 12.8 Å². The Bertz CT molecular complexity index is 1080. The molecule has 2 aromatic heterocycles. The Hall–Kier alpha value is -3.53. The molecule has 0 bridgehead atoms. The fourth-order valence-electron chi connectivity index (χ4n) is 3.21. The molecular formula is C24H21N3O. The third kappa shape index (κ3) is 4.23. The molecular weight excluding hydrogens is 346 g/mol. The van der Waals surface area contributed by atoms with Gasteiger partial charge in [-0.25, -0.2) is 0 Å². The van der Waals surface area contributed by atoms with E-state index in [1.165, 1.54) is 16.7 Å². The van der Waals surface area contributed by atoms with E-state index in [2.05, 4.69) is 63.8 Å². The van der Waals surface area contributed by atoms with Crippen LogP contribution in [0.5, 0.6) is 0 Å². The summed E-state index contributed by atoms with van der Waals surface area (Å²) in [6.07, 6.45) is 6.88. The van der Waals surface area contributed by atoms with E-state index in [9.17, 15) is 4.79 Å². The van der Waals surface area contributed by atoms with E-state index >= 15 is 0 Å². The predicted octanol–water partition coefficient (Wildman–Crippen LogP) is 4.66. The van der Waals surface area contributed by atoms with Gasteiger partial charge in [0.25, 0.3) is 5.91 Å². The molecule has 0 spiro atoms. The van der Waals surface area contributed by atoms with Gasteiger partial charge < -0.3 is 5.32 Å². The lowest BCUT2D eigenvalue weighted by atomic mass is 10.0. The van der Waals surface area contributed by atoms with Crippen LogP contribution in [0.4, 0.5) is 0 Å². The predicted molar refractivity (Wildman–Crippen MR) is 112 cm³/mol. The number of carbonyl (C=O) groups is 1. The highest BCUT2D eigenvalue weighted by molar-refractivity contribution is 5.93. The van der Waals surface area contributed by atoms with Gasteiger partial charge in [-0.3, -0.25) is 14.8 Å². The molecule has 2 aromatic carbocycles. The number of hydrogen-bond donors (Lipinski definition) is 1. The molecule has 2 heterocycles. The van der Waals surface area contributed by atoms with E-state index < -0.39 is 0 Å². The fourth-order valence-corrected chi connectivity index (χ4v) is 3.21. The average Bonchev–Trinajstić information content (AvgIpc) is 2.77. The van der Waals surface area contributed by atoms with Gasteiger partial charge in [0.2, 0.25) is 0 Å². The van der Waals surface area contributed by atoms with Crippen molar-refractivity contribution in [1.29, 1.82) is 0 Å². The van der Waals surface area contributed by atoms with Crippen molar-refractivity contribution in [2.75, 3.05) is 6.54 Å². The Morgan fingerprint density at radius 1 is 0.893 bits per heavy atom. The molecule has 0 unspecified atom stereocenters.